The molecule has 0 aromatic carbocycles. The number of aliphatic hydroxyl groups is 1. The quantitative estimate of drug-likeness (QED) is 0.799. The highest BCUT2D eigenvalue weighted by atomic mass is 32.1. The maximum Gasteiger partial charge on any atom is 0.0900 e. The summed E-state index contributed by atoms with van der Waals surface area (Å²) in [6.07, 6.45) is 2.00. The molecular weight excluding hydrogens is 244 g/mol. The van der Waals surface area contributed by atoms with Crippen LogP contribution in [0.1, 0.15) is 55.2 Å². The molecule has 0 spiro atoms. The second-order valence-electron chi connectivity index (χ2n) is 5.15. The van der Waals surface area contributed by atoms with Gasteiger partial charge in [-0.2, -0.15) is 0 Å². The number of aliphatic hydroxyl groups excluding tert-OH is 1. The fourth-order valence-corrected chi connectivity index (χ4v) is 3.14. The lowest BCUT2D eigenvalue weighted by atomic mass is 9.83. The Morgan fingerprint density at radius 3 is 2.33 bits per heavy atom. The summed E-state index contributed by atoms with van der Waals surface area (Å²) < 4.78 is 0. The third-order valence-corrected chi connectivity index (χ3v) is 5.21. The number of aryl methyl sites for hydroxylation is 2. The van der Waals surface area contributed by atoms with Crippen LogP contribution in [0.15, 0.2) is 0 Å². The Morgan fingerprint density at radius 2 is 1.94 bits per heavy atom. The van der Waals surface area contributed by atoms with Gasteiger partial charge in [0.2, 0.25) is 0 Å². The van der Waals surface area contributed by atoms with Crippen LogP contribution in [0.4, 0.5) is 0 Å². The van der Waals surface area contributed by atoms with Gasteiger partial charge in [0, 0.05) is 29.5 Å². The summed E-state index contributed by atoms with van der Waals surface area (Å²) in [6.45, 7) is 11.7. The molecule has 1 atom stereocenters. The molecule has 1 aromatic heterocycles. The van der Waals surface area contributed by atoms with Gasteiger partial charge in [0.1, 0.15) is 0 Å². The van der Waals surface area contributed by atoms with Crippen molar-refractivity contribution in [1.29, 1.82) is 0 Å². The first-order chi connectivity index (χ1) is 8.48. The summed E-state index contributed by atoms with van der Waals surface area (Å²) in [7, 11) is 0. The van der Waals surface area contributed by atoms with Crippen molar-refractivity contribution in [3.05, 3.63) is 15.6 Å². The molecule has 0 bridgehead atoms. The number of hydrogen-bond acceptors (Lipinski definition) is 4. The van der Waals surface area contributed by atoms with E-state index in [1.165, 1.54) is 4.88 Å². The largest absolute Gasteiger partial charge is 0.396 e. The van der Waals surface area contributed by atoms with Crippen LogP contribution in [0.25, 0.3) is 0 Å². The van der Waals surface area contributed by atoms with E-state index in [2.05, 4.69) is 38.0 Å². The number of hydrogen-bond donors (Lipinski definition) is 2. The van der Waals surface area contributed by atoms with Gasteiger partial charge < -0.3 is 10.4 Å². The highest BCUT2D eigenvalue weighted by Gasteiger charge is 2.26. The highest BCUT2D eigenvalue weighted by Crippen LogP contribution is 2.28. The Kier molecular flexibility index (Phi) is 5.76. The van der Waals surface area contributed by atoms with Gasteiger partial charge in [-0.1, -0.05) is 13.8 Å². The molecule has 1 aromatic rings. The first kappa shape index (κ1) is 15.6. The van der Waals surface area contributed by atoms with Crippen molar-refractivity contribution in [2.75, 3.05) is 13.2 Å². The molecule has 0 saturated heterocycles. The van der Waals surface area contributed by atoms with Crippen LogP contribution in [0.5, 0.6) is 0 Å². The van der Waals surface area contributed by atoms with E-state index in [4.69, 9.17) is 0 Å². The molecule has 18 heavy (non-hydrogen) atoms. The van der Waals surface area contributed by atoms with E-state index >= 15 is 0 Å². The topological polar surface area (TPSA) is 45.1 Å². The summed E-state index contributed by atoms with van der Waals surface area (Å²) in [4.78, 5) is 5.78. The zero-order chi connectivity index (χ0) is 13.8. The van der Waals surface area contributed by atoms with Crippen LogP contribution in [0.3, 0.4) is 0 Å². The highest BCUT2D eigenvalue weighted by molar-refractivity contribution is 7.11. The van der Waals surface area contributed by atoms with Gasteiger partial charge in [0.15, 0.2) is 0 Å². The fraction of sp³-hybridized carbons (Fsp3) is 0.786. The second-order valence-corrected chi connectivity index (χ2v) is 6.39. The summed E-state index contributed by atoms with van der Waals surface area (Å²) in [6, 6.07) is 0.306. The normalized spacial score (nSPS) is 13.9. The SMILES string of the molecule is CCC(CC)(CO)CNC(C)c1sc(C)nc1C. The van der Waals surface area contributed by atoms with Gasteiger partial charge in [0.05, 0.1) is 10.7 Å². The predicted octanol–water partition coefficient (Wildman–Crippen LogP) is 3.21. The van der Waals surface area contributed by atoms with Gasteiger partial charge in [-0.25, -0.2) is 4.98 Å². The molecule has 0 aliphatic heterocycles. The zero-order valence-electron chi connectivity index (χ0n) is 12.2. The number of nitrogens with one attached hydrogen (secondary N) is 1. The molecule has 3 nitrogen and oxygen atoms in total. The van der Waals surface area contributed by atoms with Crippen LogP contribution >= 0.6 is 11.3 Å². The molecule has 0 fully saturated rings. The van der Waals surface area contributed by atoms with Crippen LogP contribution in [-0.2, 0) is 0 Å². The molecule has 1 heterocycles. The molecule has 1 unspecified atom stereocenters. The van der Waals surface area contributed by atoms with Gasteiger partial charge >= 0.3 is 0 Å². The van der Waals surface area contributed by atoms with Crippen LogP contribution in [0.2, 0.25) is 0 Å². The molecular formula is C14H26N2OS. The third-order valence-electron chi connectivity index (χ3n) is 3.95. The number of aromatic nitrogens is 1. The van der Waals surface area contributed by atoms with Gasteiger partial charge in [-0.3, -0.25) is 0 Å². The van der Waals surface area contributed by atoms with Crippen LogP contribution < -0.4 is 5.32 Å². The molecule has 104 valence electrons. The Balaban J connectivity index is 2.65. The van der Waals surface area contributed by atoms with Crippen molar-refractivity contribution in [2.24, 2.45) is 5.41 Å². The molecule has 1 rings (SSSR count). The van der Waals surface area contributed by atoms with Crippen molar-refractivity contribution in [1.82, 2.24) is 10.3 Å². The van der Waals surface area contributed by atoms with E-state index in [1.54, 1.807) is 11.3 Å². The molecule has 2 N–H and O–H groups in total. The maximum atomic E-state index is 9.57. The summed E-state index contributed by atoms with van der Waals surface area (Å²) in [5, 5.41) is 14.2. The van der Waals surface area contributed by atoms with E-state index in [1.807, 2.05) is 6.92 Å². The lowest BCUT2D eigenvalue weighted by molar-refractivity contribution is 0.110. The van der Waals surface area contributed by atoms with E-state index < -0.39 is 0 Å². The zero-order valence-corrected chi connectivity index (χ0v) is 13.0. The van der Waals surface area contributed by atoms with Crippen molar-refractivity contribution < 1.29 is 5.11 Å². The van der Waals surface area contributed by atoms with E-state index in [9.17, 15) is 5.11 Å². The summed E-state index contributed by atoms with van der Waals surface area (Å²) >= 11 is 1.76. The minimum atomic E-state index is 0.0158. The number of nitrogens with zero attached hydrogens (tertiary/aromatic N) is 1. The molecule has 4 heteroatoms. The Morgan fingerprint density at radius 1 is 1.33 bits per heavy atom. The van der Waals surface area contributed by atoms with Gasteiger partial charge in [0.25, 0.3) is 0 Å². The monoisotopic (exact) mass is 270 g/mol. The van der Waals surface area contributed by atoms with Crippen LogP contribution in [-0.4, -0.2) is 23.2 Å². The Bertz CT molecular complexity index is 364. The Labute approximate surface area is 115 Å². The van der Waals surface area contributed by atoms with Gasteiger partial charge in [-0.15, -0.1) is 11.3 Å². The predicted molar refractivity (Wildman–Crippen MR) is 78.1 cm³/mol. The fourth-order valence-electron chi connectivity index (χ4n) is 2.19. The van der Waals surface area contributed by atoms with E-state index in [0.717, 1.165) is 30.1 Å². The molecule has 0 amide bonds. The van der Waals surface area contributed by atoms with Crippen molar-refractivity contribution in [2.45, 2.75) is 53.5 Å². The van der Waals surface area contributed by atoms with Crippen LogP contribution in [0, 0.1) is 19.3 Å². The standard InChI is InChI=1S/C14H26N2OS/c1-6-14(7-2,9-17)8-15-10(3)13-11(4)16-12(5)18-13/h10,15,17H,6-9H2,1-5H3. The van der Waals surface area contributed by atoms with Crippen molar-refractivity contribution in [3.63, 3.8) is 0 Å². The van der Waals surface area contributed by atoms with Gasteiger partial charge in [-0.05, 0) is 33.6 Å². The minimum Gasteiger partial charge on any atom is -0.396 e. The van der Waals surface area contributed by atoms with Crippen molar-refractivity contribution >= 4 is 11.3 Å². The average molecular weight is 270 g/mol. The second kappa shape index (κ2) is 6.64. The molecule has 0 aliphatic rings. The first-order valence-corrected chi connectivity index (χ1v) is 7.57. The van der Waals surface area contributed by atoms with Crippen molar-refractivity contribution in [3.8, 4) is 0 Å². The van der Waals surface area contributed by atoms with E-state index in [0.29, 0.717) is 6.04 Å². The number of rotatable bonds is 7. The average Bonchev–Trinajstić information content (AvgIpc) is 2.70. The van der Waals surface area contributed by atoms with E-state index in [-0.39, 0.29) is 12.0 Å². The smallest absolute Gasteiger partial charge is 0.0900 e. The summed E-state index contributed by atoms with van der Waals surface area (Å²) in [5.74, 6) is 0. The molecule has 0 radical (unpaired) electrons. The number of thiazole rings is 1. The Hall–Kier alpha value is -0.450. The lowest BCUT2D eigenvalue weighted by Gasteiger charge is -2.31. The lowest BCUT2D eigenvalue weighted by Crippen LogP contribution is -2.37. The maximum absolute atomic E-state index is 9.57. The molecule has 0 saturated carbocycles. The third kappa shape index (κ3) is 3.53. The summed E-state index contributed by atoms with van der Waals surface area (Å²) in [5.41, 5.74) is 1.14. The molecule has 0 aliphatic carbocycles. The minimum absolute atomic E-state index is 0.0158. The first-order valence-electron chi connectivity index (χ1n) is 6.76.